The molecule has 4 rings (SSSR count). The average molecular weight is 384 g/mol. The lowest BCUT2D eigenvalue weighted by molar-refractivity contribution is -0.113. The fraction of sp³-hybridized carbons (Fsp3) is 0.200. The van der Waals surface area contributed by atoms with Gasteiger partial charge in [-0.25, -0.2) is 0 Å². The first kappa shape index (κ1) is 17.2. The monoisotopic (exact) mass is 383 g/mol. The Morgan fingerprint density at radius 2 is 1.69 bits per heavy atom. The number of amidine groups is 1. The minimum atomic E-state index is -0.147. The summed E-state index contributed by atoms with van der Waals surface area (Å²) in [7, 11) is 0. The topological polar surface area (TPSA) is 35.9 Å². The van der Waals surface area contributed by atoms with Gasteiger partial charge in [0.25, 0.3) is 5.91 Å². The molecule has 6 heteroatoms. The molecule has 0 unspecified atom stereocenters. The molecule has 132 valence electrons. The average Bonchev–Trinajstić information content (AvgIpc) is 3.03. The van der Waals surface area contributed by atoms with Crippen LogP contribution in [0.3, 0.4) is 0 Å². The Bertz CT molecular complexity index is 874. The summed E-state index contributed by atoms with van der Waals surface area (Å²) in [6.45, 7) is 3.44. The van der Waals surface area contributed by atoms with E-state index < -0.39 is 0 Å². The number of piperazine rings is 1. The number of carbonyl (C=O) groups excluding carboxylic acids is 1. The summed E-state index contributed by atoms with van der Waals surface area (Å²) in [6.07, 6.45) is 1.91. The van der Waals surface area contributed by atoms with E-state index in [-0.39, 0.29) is 5.91 Å². The summed E-state index contributed by atoms with van der Waals surface area (Å²) in [4.78, 5) is 21.7. The van der Waals surface area contributed by atoms with Crippen molar-refractivity contribution in [3.63, 3.8) is 0 Å². The number of amides is 1. The van der Waals surface area contributed by atoms with Gasteiger partial charge in [-0.15, -0.1) is 0 Å². The Morgan fingerprint density at radius 1 is 0.962 bits per heavy atom. The summed E-state index contributed by atoms with van der Waals surface area (Å²) in [5, 5.41) is 1.56. The number of hydrogen-bond acceptors (Lipinski definition) is 4. The third-order valence-corrected chi connectivity index (χ3v) is 5.71. The molecule has 0 spiro atoms. The molecule has 2 heterocycles. The number of nitrogens with zero attached hydrogens (tertiary/aromatic N) is 3. The zero-order chi connectivity index (χ0) is 17.9. The summed E-state index contributed by atoms with van der Waals surface area (Å²) in [5.74, 6) is -0.147. The van der Waals surface area contributed by atoms with Crippen LogP contribution < -0.4 is 4.90 Å². The molecule has 0 bridgehead atoms. The molecule has 0 aromatic heterocycles. The first-order valence-electron chi connectivity index (χ1n) is 8.52. The molecule has 1 saturated heterocycles. The van der Waals surface area contributed by atoms with Gasteiger partial charge >= 0.3 is 0 Å². The molecule has 2 aliphatic rings. The molecule has 0 radical (unpaired) electrons. The molecule has 1 fully saturated rings. The van der Waals surface area contributed by atoms with E-state index >= 15 is 0 Å². The highest BCUT2D eigenvalue weighted by molar-refractivity contribution is 8.18. The van der Waals surface area contributed by atoms with Crippen LogP contribution >= 0.6 is 23.4 Å². The second-order valence-corrected chi connectivity index (χ2v) is 7.62. The van der Waals surface area contributed by atoms with Crippen LogP contribution in [-0.2, 0) is 4.79 Å². The molecular formula is C20H18ClN3OS. The lowest BCUT2D eigenvalue weighted by atomic mass is 10.2. The number of anilines is 1. The van der Waals surface area contributed by atoms with Crippen LogP contribution in [0.2, 0.25) is 5.02 Å². The standard InChI is InChI=1S/C20H18ClN3OS/c21-16-7-4-8-17(14-16)23-9-11-24(12-10-23)20-22-19(25)18(26-20)13-15-5-2-1-3-6-15/h1-8,13-14H,9-12H2. The number of hydrogen-bond donors (Lipinski definition) is 0. The van der Waals surface area contributed by atoms with Crippen molar-refractivity contribution in [2.24, 2.45) is 4.99 Å². The molecule has 2 aromatic rings. The fourth-order valence-electron chi connectivity index (χ4n) is 3.06. The quantitative estimate of drug-likeness (QED) is 0.730. The van der Waals surface area contributed by atoms with Gasteiger partial charge in [-0.2, -0.15) is 4.99 Å². The van der Waals surface area contributed by atoms with Crippen molar-refractivity contribution in [2.75, 3.05) is 31.1 Å². The maximum Gasteiger partial charge on any atom is 0.286 e. The van der Waals surface area contributed by atoms with Gasteiger partial charge < -0.3 is 9.80 Å². The Hall–Kier alpha value is -2.24. The van der Waals surface area contributed by atoms with E-state index in [0.717, 1.165) is 47.6 Å². The normalized spacial score (nSPS) is 19.2. The Morgan fingerprint density at radius 3 is 2.42 bits per heavy atom. The Balaban J connectivity index is 1.40. The highest BCUT2D eigenvalue weighted by Crippen LogP contribution is 2.31. The molecule has 0 atom stereocenters. The van der Waals surface area contributed by atoms with Gasteiger partial charge in [0.2, 0.25) is 0 Å². The third kappa shape index (κ3) is 3.79. The Kier molecular flexibility index (Phi) is 5.00. The SMILES string of the molecule is O=C1N=C(N2CCN(c3cccc(Cl)c3)CC2)SC1=Cc1ccccc1. The first-order valence-corrected chi connectivity index (χ1v) is 9.71. The minimum Gasteiger partial charge on any atom is -0.368 e. The maximum absolute atomic E-state index is 12.2. The minimum absolute atomic E-state index is 0.147. The predicted octanol–water partition coefficient (Wildman–Crippen LogP) is 4.13. The molecule has 0 aliphatic carbocycles. The largest absolute Gasteiger partial charge is 0.368 e. The van der Waals surface area contributed by atoms with Crippen LogP contribution in [0, 0.1) is 0 Å². The molecule has 2 aliphatic heterocycles. The van der Waals surface area contributed by atoms with Crippen molar-refractivity contribution < 1.29 is 4.79 Å². The van der Waals surface area contributed by atoms with Crippen molar-refractivity contribution >= 4 is 46.2 Å². The van der Waals surface area contributed by atoms with Crippen LogP contribution in [0.15, 0.2) is 64.5 Å². The van der Waals surface area contributed by atoms with Gasteiger partial charge in [0.1, 0.15) is 0 Å². The highest BCUT2D eigenvalue weighted by atomic mass is 35.5. The summed E-state index contributed by atoms with van der Waals surface area (Å²) in [6, 6.07) is 17.8. The fourth-order valence-corrected chi connectivity index (χ4v) is 4.21. The molecule has 2 aromatic carbocycles. The number of rotatable bonds is 2. The molecule has 0 saturated carbocycles. The molecule has 26 heavy (non-hydrogen) atoms. The number of thioether (sulfide) groups is 1. The van der Waals surface area contributed by atoms with E-state index in [1.165, 1.54) is 11.8 Å². The molecule has 4 nitrogen and oxygen atoms in total. The molecule has 1 amide bonds. The van der Waals surface area contributed by atoms with Gasteiger partial charge in [0, 0.05) is 36.9 Å². The van der Waals surface area contributed by atoms with E-state index in [1.54, 1.807) is 0 Å². The molecular weight excluding hydrogens is 366 g/mol. The second-order valence-electron chi connectivity index (χ2n) is 6.17. The van der Waals surface area contributed by atoms with E-state index in [4.69, 9.17) is 11.6 Å². The number of benzene rings is 2. The van der Waals surface area contributed by atoms with Crippen molar-refractivity contribution in [3.8, 4) is 0 Å². The van der Waals surface area contributed by atoms with Crippen molar-refractivity contribution in [1.29, 1.82) is 0 Å². The summed E-state index contributed by atoms with van der Waals surface area (Å²) in [5.41, 5.74) is 2.16. The van der Waals surface area contributed by atoms with Crippen LogP contribution in [0.5, 0.6) is 0 Å². The lowest BCUT2D eigenvalue weighted by Crippen LogP contribution is -2.47. The predicted molar refractivity (Wildman–Crippen MR) is 110 cm³/mol. The van der Waals surface area contributed by atoms with Gasteiger partial charge in [-0.05, 0) is 41.6 Å². The molecule has 0 N–H and O–H groups in total. The zero-order valence-corrected chi connectivity index (χ0v) is 15.7. The van der Waals surface area contributed by atoms with Crippen LogP contribution in [0.25, 0.3) is 6.08 Å². The Labute approximate surface area is 162 Å². The second kappa shape index (κ2) is 7.56. The van der Waals surface area contributed by atoms with Gasteiger partial charge in [-0.1, -0.05) is 48.0 Å². The third-order valence-electron chi connectivity index (χ3n) is 4.43. The van der Waals surface area contributed by atoms with Gasteiger partial charge in [-0.3, -0.25) is 4.79 Å². The summed E-state index contributed by atoms with van der Waals surface area (Å²) >= 11 is 7.56. The van der Waals surface area contributed by atoms with E-state index in [9.17, 15) is 4.79 Å². The number of aliphatic imine (C=N–C) groups is 1. The van der Waals surface area contributed by atoms with Crippen LogP contribution in [0.4, 0.5) is 5.69 Å². The van der Waals surface area contributed by atoms with Crippen molar-refractivity contribution in [3.05, 3.63) is 70.1 Å². The van der Waals surface area contributed by atoms with E-state index in [1.807, 2.05) is 54.6 Å². The lowest BCUT2D eigenvalue weighted by Gasteiger charge is -2.36. The number of carbonyl (C=O) groups is 1. The highest BCUT2D eigenvalue weighted by Gasteiger charge is 2.28. The maximum atomic E-state index is 12.2. The zero-order valence-electron chi connectivity index (χ0n) is 14.1. The van der Waals surface area contributed by atoms with Crippen LogP contribution in [-0.4, -0.2) is 42.2 Å². The van der Waals surface area contributed by atoms with Crippen LogP contribution in [0.1, 0.15) is 5.56 Å². The number of halogens is 1. The van der Waals surface area contributed by atoms with E-state index in [2.05, 4.69) is 20.9 Å². The van der Waals surface area contributed by atoms with Crippen molar-refractivity contribution in [2.45, 2.75) is 0 Å². The summed E-state index contributed by atoms with van der Waals surface area (Å²) < 4.78 is 0. The smallest absolute Gasteiger partial charge is 0.286 e. The first-order chi connectivity index (χ1) is 12.7. The van der Waals surface area contributed by atoms with E-state index in [0.29, 0.717) is 4.91 Å². The van der Waals surface area contributed by atoms with Gasteiger partial charge in [0.15, 0.2) is 5.17 Å². The van der Waals surface area contributed by atoms with Gasteiger partial charge in [0.05, 0.1) is 4.91 Å². The van der Waals surface area contributed by atoms with Crippen molar-refractivity contribution in [1.82, 2.24) is 4.90 Å².